The predicted molar refractivity (Wildman–Crippen MR) is 96.1 cm³/mol. The molecule has 2 aromatic carbocycles. The van der Waals surface area contributed by atoms with Gasteiger partial charge in [0.2, 0.25) is 0 Å². The number of carbonyl (C=O) groups is 1. The summed E-state index contributed by atoms with van der Waals surface area (Å²) < 4.78 is 0. The second kappa shape index (κ2) is 8.79. The Morgan fingerprint density at radius 2 is 1.96 bits per heavy atom. The number of nitrogens with zero attached hydrogens (tertiary/aromatic N) is 1. The highest BCUT2D eigenvalue weighted by Gasteiger charge is 2.19. The first-order valence-corrected chi connectivity index (χ1v) is 8.07. The molecular formula is C18H21N3O4. The van der Waals surface area contributed by atoms with Crippen molar-refractivity contribution in [1.82, 2.24) is 5.32 Å². The largest absolute Gasteiger partial charge is 0.396 e. The molecule has 0 fully saturated rings. The van der Waals surface area contributed by atoms with Gasteiger partial charge in [-0.05, 0) is 37.1 Å². The van der Waals surface area contributed by atoms with Crippen molar-refractivity contribution in [1.29, 1.82) is 0 Å². The van der Waals surface area contributed by atoms with Gasteiger partial charge in [-0.15, -0.1) is 0 Å². The zero-order valence-electron chi connectivity index (χ0n) is 13.9. The molecule has 132 valence electrons. The first-order valence-electron chi connectivity index (χ1n) is 8.07. The third kappa shape index (κ3) is 5.02. The first kappa shape index (κ1) is 18.4. The number of aliphatic hydroxyl groups excluding tert-OH is 1. The third-order valence-corrected chi connectivity index (χ3v) is 3.81. The van der Waals surface area contributed by atoms with E-state index in [2.05, 4.69) is 10.6 Å². The number of hydrogen-bond donors (Lipinski definition) is 3. The first-order chi connectivity index (χ1) is 12.0. The summed E-state index contributed by atoms with van der Waals surface area (Å²) in [6.45, 7) is 1.87. The van der Waals surface area contributed by atoms with E-state index in [9.17, 15) is 14.9 Å². The van der Waals surface area contributed by atoms with E-state index in [4.69, 9.17) is 5.11 Å². The van der Waals surface area contributed by atoms with Crippen LogP contribution in [0.1, 0.15) is 30.1 Å². The Morgan fingerprint density at radius 3 is 2.56 bits per heavy atom. The highest BCUT2D eigenvalue weighted by atomic mass is 16.6. The topological polar surface area (TPSA) is 104 Å². The molecule has 2 aromatic rings. The van der Waals surface area contributed by atoms with Gasteiger partial charge in [0, 0.05) is 30.0 Å². The van der Waals surface area contributed by atoms with Gasteiger partial charge >= 0.3 is 0 Å². The van der Waals surface area contributed by atoms with Crippen molar-refractivity contribution in [2.75, 3.05) is 11.9 Å². The highest BCUT2D eigenvalue weighted by molar-refractivity contribution is 5.96. The van der Waals surface area contributed by atoms with Crippen LogP contribution in [0.5, 0.6) is 0 Å². The summed E-state index contributed by atoms with van der Waals surface area (Å²) >= 11 is 0. The van der Waals surface area contributed by atoms with Gasteiger partial charge in [0.1, 0.15) is 5.69 Å². The number of nitrogens with one attached hydrogen (secondary N) is 2. The maximum atomic E-state index is 12.3. The van der Waals surface area contributed by atoms with Crippen molar-refractivity contribution in [3.8, 4) is 0 Å². The Labute approximate surface area is 145 Å². The predicted octanol–water partition coefficient (Wildman–Crippen LogP) is 3.23. The Balaban J connectivity index is 2.23. The number of hydrogen-bond acceptors (Lipinski definition) is 5. The molecule has 1 amide bonds. The van der Waals surface area contributed by atoms with Gasteiger partial charge in [-0.2, -0.15) is 0 Å². The normalized spacial score (nSPS) is 11.6. The van der Waals surface area contributed by atoms with E-state index in [1.807, 2.05) is 25.1 Å². The average molecular weight is 343 g/mol. The van der Waals surface area contributed by atoms with E-state index in [-0.39, 0.29) is 23.9 Å². The average Bonchev–Trinajstić information content (AvgIpc) is 2.62. The van der Waals surface area contributed by atoms with Crippen LogP contribution in [0.15, 0.2) is 48.5 Å². The number of anilines is 2. The van der Waals surface area contributed by atoms with Gasteiger partial charge in [0.25, 0.3) is 11.6 Å². The Kier molecular flexibility index (Phi) is 6.47. The number of carbonyl (C=O) groups excluding carboxylic acids is 1. The molecule has 0 spiro atoms. The summed E-state index contributed by atoms with van der Waals surface area (Å²) in [6.07, 6.45) is 1.11. The second-order valence-corrected chi connectivity index (χ2v) is 5.57. The van der Waals surface area contributed by atoms with Crippen molar-refractivity contribution in [3.63, 3.8) is 0 Å². The summed E-state index contributed by atoms with van der Waals surface area (Å²) in [5.41, 5.74) is 1.07. The molecule has 7 heteroatoms. The zero-order chi connectivity index (χ0) is 18.2. The van der Waals surface area contributed by atoms with Crippen molar-refractivity contribution >= 4 is 23.0 Å². The molecule has 0 aliphatic carbocycles. The van der Waals surface area contributed by atoms with Crippen LogP contribution in [0.2, 0.25) is 0 Å². The number of aliphatic hydroxyl groups is 1. The number of nitro benzene ring substituents is 1. The van der Waals surface area contributed by atoms with Gasteiger partial charge in [0.05, 0.1) is 4.92 Å². The fourth-order valence-electron chi connectivity index (χ4n) is 2.41. The van der Waals surface area contributed by atoms with Gasteiger partial charge < -0.3 is 15.7 Å². The quantitative estimate of drug-likeness (QED) is 0.504. The number of para-hydroxylation sites is 1. The minimum absolute atomic E-state index is 0.0289. The summed E-state index contributed by atoms with van der Waals surface area (Å²) in [6, 6.07) is 13.2. The van der Waals surface area contributed by atoms with E-state index in [1.165, 1.54) is 12.1 Å². The molecular weight excluding hydrogens is 322 g/mol. The number of rotatable bonds is 8. The molecule has 0 heterocycles. The van der Waals surface area contributed by atoms with Crippen LogP contribution < -0.4 is 10.6 Å². The fraction of sp³-hybridized carbons (Fsp3) is 0.278. The molecule has 0 saturated carbocycles. The van der Waals surface area contributed by atoms with Crippen LogP contribution in [0, 0.1) is 10.1 Å². The Hall–Kier alpha value is -2.93. The van der Waals surface area contributed by atoms with Gasteiger partial charge in [-0.25, -0.2) is 0 Å². The van der Waals surface area contributed by atoms with Crippen molar-refractivity contribution in [3.05, 3.63) is 64.2 Å². The zero-order valence-corrected chi connectivity index (χ0v) is 13.9. The minimum atomic E-state index is -0.521. The number of benzene rings is 2. The summed E-state index contributed by atoms with van der Waals surface area (Å²) in [7, 11) is 0. The standard InChI is InChI=1S/C18H21N3O4/c1-2-14(10-11-22)20-18(23)13-8-9-16(17(12-13)21(24)25)19-15-6-4-3-5-7-15/h3-9,12,14,19,22H,2,10-11H2,1H3,(H,20,23)/t14-/m1/s1. The molecule has 2 rings (SSSR count). The summed E-state index contributed by atoms with van der Waals surface area (Å²) in [5.74, 6) is -0.394. The van der Waals surface area contributed by atoms with Crippen LogP contribution >= 0.6 is 0 Å². The van der Waals surface area contributed by atoms with E-state index in [1.54, 1.807) is 18.2 Å². The Bertz CT molecular complexity index is 734. The molecule has 0 aromatic heterocycles. The molecule has 0 aliphatic rings. The molecule has 0 saturated heterocycles. The van der Waals surface area contributed by atoms with Crippen LogP contribution in [-0.4, -0.2) is 28.6 Å². The number of amides is 1. The molecule has 1 atom stereocenters. The highest BCUT2D eigenvalue weighted by Crippen LogP contribution is 2.28. The molecule has 7 nitrogen and oxygen atoms in total. The molecule has 25 heavy (non-hydrogen) atoms. The molecule has 0 unspecified atom stereocenters. The lowest BCUT2D eigenvalue weighted by Gasteiger charge is -2.16. The van der Waals surface area contributed by atoms with Crippen LogP contribution in [0.25, 0.3) is 0 Å². The van der Waals surface area contributed by atoms with Crippen molar-refractivity contribution < 1.29 is 14.8 Å². The maximum Gasteiger partial charge on any atom is 0.293 e. The van der Waals surface area contributed by atoms with E-state index < -0.39 is 10.8 Å². The summed E-state index contributed by atoms with van der Waals surface area (Å²) in [4.78, 5) is 23.1. The maximum absolute atomic E-state index is 12.3. The molecule has 0 bridgehead atoms. The lowest BCUT2D eigenvalue weighted by atomic mass is 10.1. The van der Waals surface area contributed by atoms with Crippen LogP contribution in [0.3, 0.4) is 0 Å². The molecule has 0 aliphatic heterocycles. The SMILES string of the molecule is CC[C@H](CCO)NC(=O)c1ccc(Nc2ccccc2)c([N+](=O)[O-])c1. The van der Waals surface area contributed by atoms with Crippen molar-refractivity contribution in [2.24, 2.45) is 0 Å². The lowest BCUT2D eigenvalue weighted by molar-refractivity contribution is -0.383. The smallest absolute Gasteiger partial charge is 0.293 e. The van der Waals surface area contributed by atoms with Gasteiger partial charge in [-0.3, -0.25) is 14.9 Å². The van der Waals surface area contributed by atoms with E-state index >= 15 is 0 Å². The number of nitro groups is 1. The minimum Gasteiger partial charge on any atom is -0.396 e. The fourth-order valence-corrected chi connectivity index (χ4v) is 2.41. The second-order valence-electron chi connectivity index (χ2n) is 5.57. The Morgan fingerprint density at radius 1 is 1.24 bits per heavy atom. The van der Waals surface area contributed by atoms with Gasteiger partial charge in [-0.1, -0.05) is 25.1 Å². The third-order valence-electron chi connectivity index (χ3n) is 3.81. The van der Waals surface area contributed by atoms with Gasteiger partial charge in [0.15, 0.2) is 0 Å². The monoisotopic (exact) mass is 343 g/mol. The van der Waals surface area contributed by atoms with Crippen LogP contribution in [0.4, 0.5) is 17.1 Å². The molecule has 3 N–H and O–H groups in total. The van der Waals surface area contributed by atoms with Crippen LogP contribution in [-0.2, 0) is 0 Å². The summed E-state index contributed by atoms with van der Waals surface area (Å²) in [5, 5.41) is 26.1. The van der Waals surface area contributed by atoms with E-state index in [0.29, 0.717) is 18.5 Å². The van der Waals surface area contributed by atoms with E-state index in [0.717, 1.165) is 5.69 Å². The molecule has 0 radical (unpaired) electrons. The van der Waals surface area contributed by atoms with Crippen molar-refractivity contribution in [2.45, 2.75) is 25.8 Å². The lowest BCUT2D eigenvalue weighted by Crippen LogP contribution is -2.35.